The highest BCUT2D eigenvalue weighted by atomic mass is 32.2. The van der Waals surface area contributed by atoms with E-state index in [2.05, 4.69) is 30.6 Å². The SMILES string of the molecule is Cc1cc(N2C(=S)NC(c3ccccn3)C2c2cccn2Cc2ccco2)ccc1NS(C)(=O)=O. The van der Waals surface area contributed by atoms with Gasteiger partial charge in [-0.3, -0.25) is 9.71 Å². The number of thiocarbonyl (C=S) groups is 1. The maximum Gasteiger partial charge on any atom is 0.229 e. The molecule has 4 heterocycles. The van der Waals surface area contributed by atoms with Gasteiger partial charge in [0.2, 0.25) is 10.0 Å². The number of nitrogens with zero attached hydrogens (tertiary/aromatic N) is 3. The number of rotatable bonds is 7. The first-order valence-corrected chi connectivity index (χ1v) is 13.4. The number of hydrogen-bond acceptors (Lipinski definition) is 5. The third-order valence-corrected chi connectivity index (χ3v) is 6.86. The molecule has 35 heavy (non-hydrogen) atoms. The van der Waals surface area contributed by atoms with Crippen molar-refractivity contribution in [2.75, 3.05) is 15.9 Å². The highest BCUT2D eigenvalue weighted by Crippen LogP contribution is 2.42. The molecule has 180 valence electrons. The summed E-state index contributed by atoms with van der Waals surface area (Å²) in [5.74, 6) is 0.851. The average Bonchev–Trinajstić information content (AvgIpc) is 3.56. The molecule has 2 N–H and O–H groups in total. The molecule has 0 radical (unpaired) electrons. The van der Waals surface area contributed by atoms with Crippen LogP contribution in [0.3, 0.4) is 0 Å². The van der Waals surface area contributed by atoms with Gasteiger partial charge in [0.05, 0.1) is 36.5 Å². The second-order valence-corrected chi connectivity index (χ2v) is 10.6. The number of hydrogen-bond donors (Lipinski definition) is 2. The molecule has 0 spiro atoms. The number of sulfonamides is 1. The van der Waals surface area contributed by atoms with Crippen LogP contribution in [0.4, 0.5) is 11.4 Å². The minimum atomic E-state index is -3.39. The molecule has 4 aromatic rings. The molecule has 1 aliphatic heterocycles. The molecule has 0 saturated carbocycles. The predicted octanol–water partition coefficient (Wildman–Crippen LogP) is 4.38. The zero-order chi connectivity index (χ0) is 24.6. The lowest BCUT2D eigenvalue weighted by molar-refractivity contribution is 0.475. The highest BCUT2D eigenvalue weighted by Gasteiger charge is 2.42. The van der Waals surface area contributed by atoms with Crippen molar-refractivity contribution in [3.63, 3.8) is 0 Å². The largest absolute Gasteiger partial charge is 0.467 e. The Morgan fingerprint density at radius 2 is 2.00 bits per heavy atom. The van der Waals surface area contributed by atoms with Gasteiger partial charge in [0.15, 0.2) is 5.11 Å². The van der Waals surface area contributed by atoms with Crippen LogP contribution in [0.15, 0.2) is 83.7 Å². The zero-order valence-corrected chi connectivity index (χ0v) is 20.9. The van der Waals surface area contributed by atoms with E-state index < -0.39 is 10.0 Å². The van der Waals surface area contributed by atoms with Gasteiger partial charge >= 0.3 is 0 Å². The van der Waals surface area contributed by atoms with Crippen LogP contribution >= 0.6 is 12.2 Å². The van der Waals surface area contributed by atoms with E-state index in [-0.39, 0.29) is 12.1 Å². The Balaban J connectivity index is 1.58. The van der Waals surface area contributed by atoms with Crippen molar-refractivity contribution in [1.29, 1.82) is 0 Å². The predicted molar refractivity (Wildman–Crippen MR) is 140 cm³/mol. The van der Waals surface area contributed by atoms with Crippen LogP contribution in [0.25, 0.3) is 0 Å². The van der Waals surface area contributed by atoms with Gasteiger partial charge in [-0.1, -0.05) is 6.07 Å². The minimum absolute atomic E-state index is 0.192. The van der Waals surface area contributed by atoms with Crippen LogP contribution in [0.2, 0.25) is 0 Å². The molecular weight excluding hydrogens is 482 g/mol. The van der Waals surface area contributed by atoms with Gasteiger partial charge < -0.3 is 19.2 Å². The third kappa shape index (κ3) is 4.80. The van der Waals surface area contributed by atoms with Crippen molar-refractivity contribution in [1.82, 2.24) is 14.9 Å². The summed E-state index contributed by atoms with van der Waals surface area (Å²) in [7, 11) is -3.39. The van der Waals surface area contributed by atoms with E-state index in [4.69, 9.17) is 16.6 Å². The standard InChI is InChI=1S/C25H25N5O3S2/c1-17-15-18(10-11-20(17)28-35(2,31)32)30-24(23(27-25(30)34)21-8-3-4-12-26-21)22-9-5-13-29(22)16-19-7-6-14-33-19/h3-15,23-24,28H,16H2,1-2H3,(H,27,34). The van der Waals surface area contributed by atoms with Gasteiger partial charge in [-0.25, -0.2) is 8.42 Å². The molecule has 1 aliphatic rings. The van der Waals surface area contributed by atoms with E-state index >= 15 is 0 Å². The maximum absolute atomic E-state index is 11.8. The van der Waals surface area contributed by atoms with Crippen LogP contribution in [0.1, 0.15) is 34.8 Å². The number of aryl methyl sites for hydroxylation is 1. The van der Waals surface area contributed by atoms with Gasteiger partial charge in [-0.2, -0.15) is 0 Å². The molecule has 0 amide bonds. The lowest BCUT2D eigenvalue weighted by Gasteiger charge is -2.29. The minimum Gasteiger partial charge on any atom is -0.467 e. The van der Waals surface area contributed by atoms with Crippen LogP contribution in [-0.4, -0.2) is 29.3 Å². The fraction of sp³-hybridized carbons (Fsp3) is 0.200. The van der Waals surface area contributed by atoms with Gasteiger partial charge in [-0.15, -0.1) is 0 Å². The van der Waals surface area contributed by atoms with E-state index in [1.54, 1.807) is 18.5 Å². The molecule has 8 nitrogen and oxygen atoms in total. The molecule has 1 fully saturated rings. The summed E-state index contributed by atoms with van der Waals surface area (Å²) in [6.45, 7) is 2.45. The fourth-order valence-electron chi connectivity index (χ4n) is 4.46. The fourth-order valence-corrected chi connectivity index (χ4v) is 5.43. The zero-order valence-electron chi connectivity index (χ0n) is 19.3. The molecule has 2 atom stereocenters. The summed E-state index contributed by atoms with van der Waals surface area (Å²) in [5, 5.41) is 4.03. The van der Waals surface area contributed by atoms with Crippen molar-refractivity contribution in [2.24, 2.45) is 0 Å². The first-order chi connectivity index (χ1) is 16.8. The highest BCUT2D eigenvalue weighted by molar-refractivity contribution is 7.92. The second kappa shape index (κ2) is 9.20. The monoisotopic (exact) mass is 507 g/mol. The first-order valence-electron chi connectivity index (χ1n) is 11.1. The molecule has 2 unspecified atom stereocenters. The summed E-state index contributed by atoms with van der Waals surface area (Å²) >= 11 is 5.82. The number of nitrogens with one attached hydrogen (secondary N) is 2. The smallest absolute Gasteiger partial charge is 0.229 e. The van der Waals surface area contributed by atoms with Gasteiger partial charge in [0, 0.05) is 23.8 Å². The Morgan fingerprint density at radius 3 is 2.69 bits per heavy atom. The van der Waals surface area contributed by atoms with E-state index in [1.807, 2.05) is 61.7 Å². The van der Waals surface area contributed by atoms with Crippen LogP contribution in [0, 0.1) is 6.92 Å². The summed E-state index contributed by atoms with van der Waals surface area (Å²) < 4.78 is 33.8. The van der Waals surface area contributed by atoms with Crippen molar-refractivity contribution >= 4 is 38.7 Å². The molecule has 3 aromatic heterocycles. The summed E-state index contributed by atoms with van der Waals surface area (Å²) in [6.07, 6.45) is 6.61. The van der Waals surface area contributed by atoms with Crippen molar-refractivity contribution in [3.05, 3.63) is 102 Å². The molecule has 0 aliphatic carbocycles. The van der Waals surface area contributed by atoms with E-state index in [9.17, 15) is 8.42 Å². The Morgan fingerprint density at radius 1 is 1.14 bits per heavy atom. The Kier molecular flexibility index (Phi) is 6.08. The van der Waals surface area contributed by atoms with E-state index in [1.165, 1.54) is 0 Å². The quantitative estimate of drug-likeness (QED) is 0.359. The van der Waals surface area contributed by atoms with Crippen molar-refractivity contribution in [3.8, 4) is 0 Å². The lowest BCUT2D eigenvalue weighted by atomic mass is 10.0. The molecule has 1 aromatic carbocycles. The number of anilines is 2. The van der Waals surface area contributed by atoms with Gasteiger partial charge in [0.25, 0.3) is 0 Å². The number of pyridine rings is 1. The van der Waals surface area contributed by atoms with Crippen molar-refractivity contribution < 1.29 is 12.8 Å². The second-order valence-electron chi connectivity index (χ2n) is 8.51. The number of benzene rings is 1. The average molecular weight is 508 g/mol. The number of furan rings is 1. The molecular formula is C25H25N5O3S2. The normalized spacial score (nSPS) is 18.0. The van der Waals surface area contributed by atoms with Crippen LogP contribution < -0.4 is 14.9 Å². The third-order valence-electron chi connectivity index (χ3n) is 5.96. The summed E-state index contributed by atoms with van der Waals surface area (Å²) in [6, 6.07) is 19.0. The van der Waals surface area contributed by atoms with Gasteiger partial charge in [0.1, 0.15) is 11.8 Å². The van der Waals surface area contributed by atoms with Crippen LogP contribution in [-0.2, 0) is 16.6 Å². The lowest BCUT2D eigenvalue weighted by Crippen LogP contribution is -2.30. The summed E-state index contributed by atoms with van der Waals surface area (Å²) in [4.78, 5) is 6.68. The molecule has 1 saturated heterocycles. The van der Waals surface area contributed by atoms with Crippen molar-refractivity contribution in [2.45, 2.75) is 25.6 Å². The Labute approximate surface area is 209 Å². The molecule has 10 heteroatoms. The van der Waals surface area contributed by atoms with Crippen LogP contribution in [0.5, 0.6) is 0 Å². The van der Waals surface area contributed by atoms with Gasteiger partial charge in [-0.05, 0) is 79.3 Å². The molecule has 5 rings (SSSR count). The van der Waals surface area contributed by atoms with E-state index in [0.29, 0.717) is 17.3 Å². The maximum atomic E-state index is 11.8. The Hall–Kier alpha value is -3.63. The van der Waals surface area contributed by atoms with E-state index in [0.717, 1.165) is 34.7 Å². The Bertz CT molecular complexity index is 1450. The first kappa shape index (κ1) is 23.1. The molecule has 0 bridgehead atoms. The number of aromatic nitrogens is 2. The topological polar surface area (TPSA) is 92.4 Å². The summed E-state index contributed by atoms with van der Waals surface area (Å²) in [5.41, 5.74) is 4.10.